The Balaban J connectivity index is 1.47. The second kappa shape index (κ2) is 7.61. The van der Waals surface area contributed by atoms with Crippen molar-refractivity contribution in [2.75, 3.05) is 24.7 Å². The van der Waals surface area contributed by atoms with Crippen molar-refractivity contribution in [2.24, 2.45) is 0 Å². The Morgan fingerprint density at radius 2 is 2.00 bits per heavy atom. The molecule has 0 bridgehead atoms. The molecule has 5 heteroatoms. The highest BCUT2D eigenvalue weighted by Gasteiger charge is 2.28. The number of benzene rings is 1. The summed E-state index contributed by atoms with van der Waals surface area (Å²) < 4.78 is 5.46. The fourth-order valence-electron chi connectivity index (χ4n) is 4.25. The summed E-state index contributed by atoms with van der Waals surface area (Å²) in [6, 6.07) is 13.8. The first-order valence-corrected chi connectivity index (χ1v) is 9.65. The van der Waals surface area contributed by atoms with Gasteiger partial charge < -0.3 is 15.0 Å². The van der Waals surface area contributed by atoms with Crippen molar-refractivity contribution in [3.63, 3.8) is 0 Å². The van der Waals surface area contributed by atoms with Crippen molar-refractivity contribution in [3.05, 3.63) is 35.9 Å². The van der Waals surface area contributed by atoms with Crippen LogP contribution in [0, 0.1) is 11.3 Å². The van der Waals surface area contributed by atoms with Crippen molar-refractivity contribution < 1.29 is 4.74 Å². The van der Waals surface area contributed by atoms with Crippen LogP contribution >= 0.6 is 0 Å². The van der Waals surface area contributed by atoms with E-state index < -0.39 is 0 Å². The predicted octanol–water partition coefficient (Wildman–Crippen LogP) is 3.23. The predicted molar refractivity (Wildman–Crippen MR) is 103 cm³/mol. The van der Waals surface area contributed by atoms with Crippen LogP contribution in [0.2, 0.25) is 0 Å². The van der Waals surface area contributed by atoms with Gasteiger partial charge in [0.1, 0.15) is 11.9 Å². The Kier molecular flexibility index (Phi) is 5.05. The third kappa shape index (κ3) is 3.53. The van der Waals surface area contributed by atoms with Crippen molar-refractivity contribution in [1.29, 1.82) is 5.26 Å². The molecule has 0 amide bonds. The molecule has 26 heavy (non-hydrogen) atoms. The summed E-state index contributed by atoms with van der Waals surface area (Å²) in [5.41, 5.74) is 1.45. The van der Waals surface area contributed by atoms with Crippen LogP contribution in [-0.4, -0.2) is 42.9 Å². The molecule has 0 spiro atoms. The zero-order valence-electron chi connectivity index (χ0n) is 15.3. The van der Waals surface area contributed by atoms with E-state index in [1.54, 1.807) is 0 Å². The highest BCUT2D eigenvalue weighted by molar-refractivity contribution is 5.85. The van der Waals surface area contributed by atoms with Gasteiger partial charge in [0.2, 0.25) is 0 Å². The van der Waals surface area contributed by atoms with Gasteiger partial charge in [0.15, 0.2) is 0 Å². The molecule has 2 atom stereocenters. The molecule has 4 rings (SSSR count). The van der Waals surface area contributed by atoms with Gasteiger partial charge in [-0.3, -0.25) is 0 Å². The minimum absolute atomic E-state index is 0.431. The lowest BCUT2D eigenvalue weighted by Gasteiger charge is -2.40. The topological polar surface area (TPSA) is 61.2 Å². The molecule has 3 heterocycles. The number of para-hydroxylation sites is 1. The van der Waals surface area contributed by atoms with Crippen molar-refractivity contribution >= 4 is 16.7 Å². The number of anilines is 1. The first-order chi connectivity index (χ1) is 12.7. The fraction of sp³-hybridized carbons (Fsp3) is 0.524. The van der Waals surface area contributed by atoms with E-state index in [0.717, 1.165) is 62.2 Å². The number of aromatic nitrogens is 1. The van der Waals surface area contributed by atoms with Gasteiger partial charge in [0.25, 0.3) is 0 Å². The molecule has 1 N–H and O–H groups in total. The standard InChI is InChI=1S/C21H26N4O/c1-15-13-19(23-18-8-11-26-12-9-18)7-10-25(15)20-6-5-16-3-2-4-17(14-22)21(16)24-20/h2-6,15,18-19,23H,7-13H2,1H3/t15-,19-/m1/s1. The molecule has 1 aromatic heterocycles. The highest BCUT2D eigenvalue weighted by atomic mass is 16.5. The summed E-state index contributed by atoms with van der Waals surface area (Å²) in [6.45, 7) is 5.04. The maximum Gasteiger partial charge on any atom is 0.129 e. The van der Waals surface area contributed by atoms with Crippen molar-refractivity contribution in [1.82, 2.24) is 10.3 Å². The normalized spacial score (nSPS) is 24.5. The minimum atomic E-state index is 0.431. The maximum atomic E-state index is 9.36. The van der Waals surface area contributed by atoms with Crippen LogP contribution in [0.1, 0.15) is 38.2 Å². The molecule has 5 nitrogen and oxygen atoms in total. The molecule has 2 aromatic rings. The Morgan fingerprint density at radius 1 is 1.15 bits per heavy atom. The SMILES string of the molecule is C[C@@H]1C[C@H](NC2CCOCC2)CCN1c1ccc2cccc(C#N)c2n1. The third-order valence-corrected chi connectivity index (χ3v) is 5.69. The van der Waals surface area contributed by atoms with Gasteiger partial charge in [-0.2, -0.15) is 5.26 Å². The maximum absolute atomic E-state index is 9.36. The number of nitrogens with one attached hydrogen (secondary N) is 1. The number of nitriles is 1. The quantitative estimate of drug-likeness (QED) is 0.921. The largest absolute Gasteiger partial charge is 0.381 e. The van der Waals surface area contributed by atoms with Crippen LogP contribution < -0.4 is 10.2 Å². The van der Waals surface area contributed by atoms with E-state index in [-0.39, 0.29) is 0 Å². The van der Waals surface area contributed by atoms with Gasteiger partial charge in [0, 0.05) is 43.3 Å². The van der Waals surface area contributed by atoms with E-state index in [4.69, 9.17) is 9.72 Å². The lowest BCUT2D eigenvalue weighted by Crippen LogP contribution is -2.51. The molecular weight excluding hydrogens is 324 g/mol. The molecule has 0 saturated carbocycles. The molecule has 0 radical (unpaired) electrons. The van der Waals surface area contributed by atoms with Gasteiger partial charge in [0.05, 0.1) is 11.1 Å². The number of nitrogens with zero attached hydrogens (tertiary/aromatic N) is 3. The smallest absolute Gasteiger partial charge is 0.129 e. The first-order valence-electron chi connectivity index (χ1n) is 9.65. The van der Waals surface area contributed by atoms with Gasteiger partial charge in [-0.05, 0) is 50.8 Å². The molecule has 0 aliphatic carbocycles. The monoisotopic (exact) mass is 350 g/mol. The van der Waals surface area contributed by atoms with Crippen LogP contribution in [0.3, 0.4) is 0 Å². The highest BCUT2D eigenvalue weighted by Crippen LogP contribution is 2.27. The zero-order valence-corrected chi connectivity index (χ0v) is 15.3. The Morgan fingerprint density at radius 3 is 2.77 bits per heavy atom. The van der Waals surface area contributed by atoms with Crippen LogP contribution in [0.4, 0.5) is 5.82 Å². The van der Waals surface area contributed by atoms with E-state index in [0.29, 0.717) is 23.7 Å². The molecule has 1 aromatic carbocycles. The van der Waals surface area contributed by atoms with E-state index in [9.17, 15) is 5.26 Å². The Labute approximate surface area is 155 Å². The number of piperidine rings is 1. The van der Waals surface area contributed by atoms with Crippen molar-refractivity contribution in [3.8, 4) is 6.07 Å². The van der Waals surface area contributed by atoms with Crippen LogP contribution in [0.5, 0.6) is 0 Å². The average molecular weight is 350 g/mol. The van der Waals surface area contributed by atoms with Crippen LogP contribution in [-0.2, 0) is 4.74 Å². The molecule has 2 aliphatic heterocycles. The molecule has 2 aliphatic rings. The third-order valence-electron chi connectivity index (χ3n) is 5.69. The summed E-state index contributed by atoms with van der Waals surface area (Å²) >= 11 is 0. The summed E-state index contributed by atoms with van der Waals surface area (Å²) in [6.07, 6.45) is 4.49. The second-order valence-electron chi connectivity index (χ2n) is 7.48. The first kappa shape index (κ1) is 17.3. The van der Waals surface area contributed by atoms with E-state index in [1.807, 2.05) is 18.2 Å². The van der Waals surface area contributed by atoms with E-state index in [1.165, 1.54) is 0 Å². The lowest BCUT2D eigenvalue weighted by atomic mass is 9.96. The summed E-state index contributed by atoms with van der Waals surface area (Å²) in [5.74, 6) is 0.984. The molecule has 2 saturated heterocycles. The number of ether oxygens (including phenoxy) is 1. The Bertz CT molecular complexity index is 809. The number of fused-ring (bicyclic) bond motifs is 1. The lowest BCUT2D eigenvalue weighted by molar-refractivity contribution is 0.0733. The molecule has 136 valence electrons. The summed E-state index contributed by atoms with van der Waals surface area (Å²) in [7, 11) is 0. The second-order valence-corrected chi connectivity index (χ2v) is 7.48. The fourth-order valence-corrected chi connectivity index (χ4v) is 4.25. The molecule has 2 fully saturated rings. The summed E-state index contributed by atoms with van der Waals surface area (Å²) in [4.78, 5) is 7.21. The van der Waals surface area contributed by atoms with E-state index >= 15 is 0 Å². The average Bonchev–Trinajstić information content (AvgIpc) is 2.68. The zero-order chi connectivity index (χ0) is 17.9. The number of hydrogen-bond donors (Lipinski definition) is 1. The van der Waals surface area contributed by atoms with Gasteiger partial charge in [-0.1, -0.05) is 12.1 Å². The van der Waals surface area contributed by atoms with Crippen LogP contribution in [0.25, 0.3) is 10.9 Å². The van der Waals surface area contributed by atoms with Crippen LogP contribution in [0.15, 0.2) is 30.3 Å². The summed E-state index contributed by atoms with van der Waals surface area (Å²) in [5, 5.41) is 14.2. The molecule has 0 unspecified atom stereocenters. The molecular formula is C21H26N4O. The van der Waals surface area contributed by atoms with Gasteiger partial charge in [-0.15, -0.1) is 0 Å². The van der Waals surface area contributed by atoms with Gasteiger partial charge in [-0.25, -0.2) is 4.98 Å². The number of rotatable bonds is 3. The van der Waals surface area contributed by atoms with Gasteiger partial charge >= 0.3 is 0 Å². The number of hydrogen-bond acceptors (Lipinski definition) is 5. The minimum Gasteiger partial charge on any atom is -0.381 e. The van der Waals surface area contributed by atoms with Crippen molar-refractivity contribution in [2.45, 2.75) is 50.7 Å². The van der Waals surface area contributed by atoms with E-state index in [2.05, 4.69) is 35.3 Å². The Hall–Kier alpha value is -2.16. The number of pyridine rings is 1.